The molecular weight excluding hydrogens is 190 g/mol. The first-order valence-corrected chi connectivity index (χ1v) is 4.82. The minimum atomic E-state index is 0.0726. The predicted octanol–water partition coefficient (Wildman–Crippen LogP) is 2.77. The topological polar surface area (TPSA) is 49.7 Å². The summed E-state index contributed by atoms with van der Waals surface area (Å²) in [5.74, 6) is 0.215. The van der Waals surface area contributed by atoms with Crippen LogP contribution in [0.4, 0.5) is 5.69 Å². The Morgan fingerprint density at radius 2 is 2.07 bits per heavy atom. The van der Waals surface area contributed by atoms with Crippen LogP contribution in [0.1, 0.15) is 25.8 Å². The summed E-state index contributed by atoms with van der Waals surface area (Å²) in [6.45, 7) is 5.23. The van der Waals surface area contributed by atoms with Crippen LogP contribution in [0.15, 0.2) is 23.2 Å². The van der Waals surface area contributed by atoms with Gasteiger partial charge in [-0.2, -0.15) is 0 Å². The number of rotatable bonds is 3. The van der Waals surface area contributed by atoms with Gasteiger partial charge < -0.3 is 5.11 Å². The summed E-state index contributed by atoms with van der Waals surface area (Å²) in [5.41, 5.74) is 2.26. The monoisotopic (exact) mass is 205 g/mol. The Kier molecular flexibility index (Phi) is 3.61. The number of aliphatic imine (C=N–C) groups is 1. The maximum Gasteiger partial charge on any atom is 0.141 e. The van der Waals surface area contributed by atoms with Crippen LogP contribution in [-0.4, -0.2) is 16.6 Å². The Labute approximate surface area is 89.5 Å². The first-order chi connectivity index (χ1) is 6.99. The Morgan fingerprint density at radius 3 is 2.67 bits per heavy atom. The van der Waals surface area contributed by atoms with Crippen LogP contribution < -0.4 is 0 Å². The lowest BCUT2D eigenvalue weighted by atomic mass is 10.2. The van der Waals surface area contributed by atoms with Gasteiger partial charge in [0, 0.05) is 12.1 Å². The van der Waals surface area contributed by atoms with E-state index in [9.17, 15) is 9.90 Å². The summed E-state index contributed by atoms with van der Waals surface area (Å²) in [5, 5.41) is 9.53. The molecule has 0 spiro atoms. The molecule has 1 rings (SSSR count). The van der Waals surface area contributed by atoms with Crippen molar-refractivity contribution in [2.45, 2.75) is 27.2 Å². The van der Waals surface area contributed by atoms with Gasteiger partial charge in [0.05, 0.1) is 0 Å². The third-order valence-corrected chi connectivity index (χ3v) is 1.95. The van der Waals surface area contributed by atoms with Crippen LogP contribution in [0.2, 0.25) is 0 Å². The molecule has 3 heteroatoms. The van der Waals surface area contributed by atoms with E-state index in [0.29, 0.717) is 17.8 Å². The molecule has 0 aliphatic rings. The highest BCUT2D eigenvalue weighted by molar-refractivity contribution is 6.00. The molecule has 0 atom stereocenters. The van der Waals surface area contributed by atoms with Gasteiger partial charge in [0.2, 0.25) is 0 Å². The van der Waals surface area contributed by atoms with Gasteiger partial charge in [0.25, 0.3) is 0 Å². The Balaban J connectivity index is 2.96. The number of aryl methyl sites for hydroxylation is 1. The predicted molar refractivity (Wildman–Crippen MR) is 60.9 cm³/mol. The fraction of sp³-hybridized carbons (Fsp3) is 0.333. The molecule has 0 heterocycles. The first kappa shape index (κ1) is 11.4. The molecule has 0 saturated heterocycles. The number of carbonyl (C=O) groups is 1. The number of ketones is 1. The van der Waals surface area contributed by atoms with Gasteiger partial charge in [-0.1, -0.05) is 6.07 Å². The second-order valence-corrected chi connectivity index (χ2v) is 3.72. The zero-order chi connectivity index (χ0) is 11.4. The Bertz CT molecular complexity index is 408. The van der Waals surface area contributed by atoms with Crippen LogP contribution in [0.25, 0.3) is 0 Å². The number of nitrogens with zero attached hydrogens (tertiary/aromatic N) is 1. The molecule has 3 nitrogen and oxygen atoms in total. The quantitative estimate of drug-likeness (QED) is 0.771. The molecule has 1 aromatic carbocycles. The molecule has 0 aliphatic carbocycles. The van der Waals surface area contributed by atoms with Crippen molar-refractivity contribution in [2.75, 3.05) is 0 Å². The molecule has 0 bridgehead atoms. The van der Waals surface area contributed by atoms with Crippen molar-refractivity contribution >= 4 is 17.2 Å². The van der Waals surface area contributed by atoms with Gasteiger partial charge in [0.1, 0.15) is 17.2 Å². The molecule has 0 radical (unpaired) electrons. The molecule has 1 aromatic rings. The second kappa shape index (κ2) is 4.73. The van der Waals surface area contributed by atoms with E-state index in [2.05, 4.69) is 4.99 Å². The van der Waals surface area contributed by atoms with Crippen LogP contribution in [0, 0.1) is 6.92 Å². The van der Waals surface area contributed by atoms with Crippen molar-refractivity contribution in [3.05, 3.63) is 23.8 Å². The van der Waals surface area contributed by atoms with Crippen molar-refractivity contribution in [1.82, 2.24) is 0 Å². The molecule has 0 amide bonds. The third-order valence-electron chi connectivity index (χ3n) is 1.95. The number of aromatic hydroxyl groups is 1. The van der Waals surface area contributed by atoms with E-state index in [1.807, 2.05) is 13.0 Å². The molecule has 0 aliphatic heterocycles. The number of phenolic OH excluding ortho intramolecular Hbond substituents is 1. The second-order valence-electron chi connectivity index (χ2n) is 3.72. The highest BCUT2D eigenvalue weighted by Gasteiger charge is 2.02. The summed E-state index contributed by atoms with van der Waals surface area (Å²) in [6, 6.07) is 5.21. The Hall–Kier alpha value is -1.64. The molecule has 80 valence electrons. The van der Waals surface area contributed by atoms with E-state index in [1.165, 1.54) is 6.92 Å². The number of hydrogen-bond acceptors (Lipinski definition) is 3. The lowest BCUT2D eigenvalue weighted by Crippen LogP contribution is -1.99. The molecule has 1 N–H and O–H groups in total. The standard InChI is InChI=1S/C12H15NO2/c1-8-4-5-12(15)11(6-8)13-9(2)7-10(3)14/h4-6,15H,7H2,1-3H3/b13-9+. The van der Waals surface area contributed by atoms with Crippen LogP contribution in [-0.2, 0) is 4.79 Å². The van der Waals surface area contributed by atoms with Crippen molar-refractivity contribution in [2.24, 2.45) is 4.99 Å². The number of benzene rings is 1. The summed E-state index contributed by atoms with van der Waals surface area (Å²) >= 11 is 0. The zero-order valence-corrected chi connectivity index (χ0v) is 9.24. The zero-order valence-electron chi connectivity index (χ0n) is 9.24. The van der Waals surface area contributed by atoms with Crippen molar-refractivity contribution in [3.63, 3.8) is 0 Å². The maximum absolute atomic E-state index is 10.9. The normalized spacial score (nSPS) is 11.5. The molecular formula is C12H15NO2. The molecule has 0 fully saturated rings. The van der Waals surface area contributed by atoms with Crippen LogP contribution in [0.5, 0.6) is 5.75 Å². The average Bonchev–Trinajstić information content (AvgIpc) is 2.10. The maximum atomic E-state index is 10.9. The first-order valence-electron chi connectivity index (χ1n) is 4.82. The SMILES string of the molecule is CC(=O)C/C(C)=N/c1cc(C)ccc1O. The molecule has 15 heavy (non-hydrogen) atoms. The lowest BCUT2D eigenvalue weighted by Gasteiger charge is -2.02. The smallest absolute Gasteiger partial charge is 0.141 e. The molecule has 0 unspecified atom stereocenters. The number of phenols is 1. The van der Waals surface area contributed by atoms with Gasteiger partial charge in [-0.25, -0.2) is 0 Å². The van der Waals surface area contributed by atoms with Gasteiger partial charge in [0.15, 0.2) is 0 Å². The summed E-state index contributed by atoms with van der Waals surface area (Å²) in [6.07, 6.45) is 0.327. The van der Waals surface area contributed by atoms with Crippen molar-refractivity contribution in [3.8, 4) is 5.75 Å². The van der Waals surface area contributed by atoms with Crippen molar-refractivity contribution in [1.29, 1.82) is 0 Å². The van der Waals surface area contributed by atoms with Gasteiger partial charge in [-0.3, -0.25) is 9.79 Å². The largest absolute Gasteiger partial charge is 0.506 e. The third kappa shape index (κ3) is 3.54. The average molecular weight is 205 g/mol. The summed E-state index contributed by atoms with van der Waals surface area (Å²) < 4.78 is 0. The van der Waals surface area contributed by atoms with E-state index >= 15 is 0 Å². The fourth-order valence-electron chi connectivity index (χ4n) is 1.33. The van der Waals surface area contributed by atoms with E-state index < -0.39 is 0 Å². The highest BCUT2D eigenvalue weighted by Crippen LogP contribution is 2.27. The summed E-state index contributed by atoms with van der Waals surface area (Å²) in [4.78, 5) is 15.1. The molecule has 0 aromatic heterocycles. The van der Waals surface area contributed by atoms with E-state index in [4.69, 9.17) is 0 Å². The van der Waals surface area contributed by atoms with E-state index in [0.717, 1.165) is 5.56 Å². The fourth-order valence-corrected chi connectivity index (χ4v) is 1.33. The van der Waals surface area contributed by atoms with Gasteiger partial charge in [-0.15, -0.1) is 0 Å². The lowest BCUT2D eigenvalue weighted by molar-refractivity contribution is -0.115. The van der Waals surface area contributed by atoms with Gasteiger partial charge in [-0.05, 0) is 38.5 Å². The van der Waals surface area contributed by atoms with E-state index in [-0.39, 0.29) is 11.5 Å². The minimum absolute atomic E-state index is 0.0726. The van der Waals surface area contributed by atoms with Crippen LogP contribution in [0.3, 0.4) is 0 Å². The number of Topliss-reactive ketones (excluding diaryl/α,β-unsaturated/α-hetero) is 1. The number of hydrogen-bond donors (Lipinski definition) is 1. The van der Waals surface area contributed by atoms with Crippen LogP contribution >= 0.6 is 0 Å². The van der Waals surface area contributed by atoms with Gasteiger partial charge >= 0.3 is 0 Å². The molecule has 0 saturated carbocycles. The Morgan fingerprint density at radius 1 is 1.40 bits per heavy atom. The number of carbonyl (C=O) groups excluding carboxylic acids is 1. The van der Waals surface area contributed by atoms with Crippen molar-refractivity contribution < 1.29 is 9.90 Å². The van der Waals surface area contributed by atoms with E-state index in [1.54, 1.807) is 19.1 Å². The minimum Gasteiger partial charge on any atom is -0.506 e. The highest BCUT2D eigenvalue weighted by atomic mass is 16.3. The summed E-state index contributed by atoms with van der Waals surface area (Å²) in [7, 11) is 0.